The maximum Gasteiger partial charge on any atom is 0.336 e. The zero-order valence-corrected chi connectivity index (χ0v) is 12.4. The molecule has 1 heterocycles. The monoisotopic (exact) mass is 309 g/mol. The lowest BCUT2D eigenvalue weighted by atomic mass is 10.2. The van der Waals surface area contributed by atoms with Gasteiger partial charge in [0.05, 0.1) is 20.3 Å². The Morgan fingerprint density at radius 1 is 1.48 bits per heavy atom. The standard InChI is InChI=1S/C15H16ClNO4/c1-20-15(19)13-10-17(7-8-21-13)14(18)6-5-11-3-2-4-12(16)9-11/h2-6,9,13H,7-8,10H2,1H3/b6-5+. The highest BCUT2D eigenvalue weighted by Crippen LogP contribution is 2.13. The molecule has 1 unspecified atom stereocenters. The van der Waals surface area contributed by atoms with Gasteiger partial charge in [-0.2, -0.15) is 0 Å². The minimum atomic E-state index is -0.715. The Bertz CT molecular complexity index is 558. The van der Waals surface area contributed by atoms with Gasteiger partial charge >= 0.3 is 5.97 Å². The van der Waals surface area contributed by atoms with E-state index < -0.39 is 12.1 Å². The van der Waals surface area contributed by atoms with E-state index in [0.717, 1.165) is 5.56 Å². The van der Waals surface area contributed by atoms with Crippen LogP contribution in [0.2, 0.25) is 5.02 Å². The van der Waals surface area contributed by atoms with Crippen LogP contribution in [0.15, 0.2) is 30.3 Å². The van der Waals surface area contributed by atoms with Gasteiger partial charge in [-0.1, -0.05) is 23.7 Å². The molecule has 0 spiro atoms. The third-order valence-electron chi connectivity index (χ3n) is 3.11. The second kappa shape index (κ2) is 7.24. The Morgan fingerprint density at radius 2 is 2.29 bits per heavy atom. The van der Waals surface area contributed by atoms with Gasteiger partial charge in [0, 0.05) is 17.6 Å². The number of morpholine rings is 1. The molecule has 21 heavy (non-hydrogen) atoms. The molecule has 1 aliphatic rings. The maximum atomic E-state index is 12.1. The van der Waals surface area contributed by atoms with Crippen molar-refractivity contribution in [1.29, 1.82) is 0 Å². The van der Waals surface area contributed by atoms with Crippen LogP contribution in [0.3, 0.4) is 0 Å². The van der Waals surface area contributed by atoms with E-state index in [-0.39, 0.29) is 12.5 Å². The molecule has 1 aromatic carbocycles. The van der Waals surface area contributed by atoms with Gasteiger partial charge in [0.15, 0.2) is 6.10 Å². The van der Waals surface area contributed by atoms with Crippen LogP contribution in [0, 0.1) is 0 Å². The first-order valence-corrected chi connectivity index (χ1v) is 6.90. The van der Waals surface area contributed by atoms with Gasteiger partial charge < -0.3 is 14.4 Å². The minimum absolute atomic E-state index is 0.174. The molecular formula is C15H16ClNO4. The molecule has 5 nitrogen and oxygen atoms in total. The van der Waals surface area contributed by atoms with Gasteiger partial charge in [-0.25, -0.2) is 4.79 Å². The van der Waals surface area contributed by atoms with Crippen molar-refractivity contribution in [1.82, 2.24) is 4.90 Å². The number of esters is 1. The summed E-state index contributed by atoms with van der Waals surface area (Å²) in [6, 6.07) is 7.20. The average Bonchev–Trinajstić information content (AvgIpc) is 2.52. The summed E-state index contributed by atoms with van der Waals surface area (Å²) in [6.45, 7) is 0.966. The number of halogens is 1. The number of carbonyl (C=O) groups is 2. The van der Waals surface area contributed by atoms with E-state index in [9.17, 15) is 9.59 Å². The van der Waals surface area contributed by atoms with Crippen molar-refractivity contribution < 1.29 is 19.1 Å². The molecule has 6 heteroatoms. The third kappa shape index (κ3) is 4.31. The van der Waals surface area contributed by atoms with E-state index in [1.165, 1.54) is 13.2 Å². The lowest BCUT2D eigenvalue weighted by Crippen LogP contribution is -2.48. The Balaban J connectivity index is 1.98. The van der Waals surface area contributed by atoms with Crippen LogP contribution >= 0.6 is 11.6 Å². The number of ether oxygens (including phenoxy) is 2. The topological polar surface area (TPSA) is 55.8 Å². The molecule has 0 radical (unpaired) electrons. The average molecular weight is 310 g/mol. The predicted molar refractivity (Wildman–Crippen MR) is 78.8 cm³/mol. The molecule has 1 saturated heterocycles. The lowest BCUT2D eigenvalue weighted by Gasteiger charge is -2.30. The van der Waals surface area contributed by atoms with Gasteiger partial charge in [-0.3, -0.25) is 4.79 Å². The van der Waals surface area contributed by atoms with Crippen LogP contribution in [-0.2, 0) is 19.1 Å². The maximum absolute atomic E-state index is 12.1. The van der Waals surface area contributed by atoms with E-state index in [0.29, 0.717) is 18.2 Å². The van der Waals surface area contributed by atoms with Crippen LogP contribution in [-0.4, -0.2) is 49.7 Å². The summed E-state index contributed by atoms with van der Waals surface area (Å²) in [7, 11) is 1.30. The highest BCUT2D eigenvalue weighted by molar-refractivity contribution is 6.30. The van der Waals surface area contributed by atoms with Gasteiger partial charge in [0.2, 0.25) is 5.91 Å². The Morgan fingerprint density at radius 3 is 3.00 bits per heavy atom. The van der Waals surface area contributed by atoms with Gasteiger partial charge in [-0.15, -0.1) is 0 Å². The van der Waals surface area contributed by atoms with Gasteiger partial charge in [-0.05, 0) is 23.8 Å². The number of carbonyl (C=O) groups excluding carboxylic acids is 2. The first-order chi connectivity index (χ1) is 10.1. The normalized spacial score (nSPS) is 18.8. The van der Waals surface area contributed by atoms with Crippen molar-refractivity contribution in [2.75, 3.05) is 26.8 Å². The molecule has 1 aliphatic heterocycles. The van der Waals surface area contributed by atoms with E-state index in [2.05, 4.69) is 4.74 Å². The van der Waals surface area contributed by atoms with E-state index in [4.69, 9.17) is 16.3 Å². The van der Waals surface area contributed by atoms with Crippen molar-refractivity contribution in [3.05, 3.63) is 40.9 Å². The van der Waals surface area contributed by atoms with Crippen LogP contribution < -0.4 is 0 Å². The molecule has 1 aromatic rings. The molecule has 0 N–H and O–H groups in total. The smallest absolute Gasteiger partial charge is 0.336 e. The third-order valence-corrected chi connectivity index (χ3v) is 3.34. The van der Waals surface area contributed by atoms with Crippen molar-refractivity contribution in [2.24, 2.45) is 0 Å². The summed E-state index contributed by atoms with van der Waals surface area (Å²) in [5.74, 6) is -0.640. The first kappa shape index (κ1) is 15.5. The van der Waals surface area contributed by atoms with Crippen LogP contribution in [0.25, 0.3) is 6.08 Å². The summed E-state index contributed by atoms with van der Waals surface area (Å²) < 4.78 is 9.91. The summed E-state index contributed by atoms with van der Waals surface area (Å²) in [6.07, 6.45) is 2.44. The van der Waals surface area contributed by atoms with Gasteiger partial charge in [0.25, 0.3) is 0 Å². The predicted octanol–water partition coefficient (Wildman–Crippen LogP) is 1.75. The quantitative estimate of drug-likeness (QED) is 0.630. The molecule has 1 fully saturated rings. The van der Waals surface area contributed by atoms with Crippen molar-refractivity contribution in [2.45, 2.75) is 6.10 Å². The molecular weight excluding hydrogens is 294 g/mol. The Kier molecular flexibility index (Phi) is 5.36. The number of hydrogen-bond donors (Lipinski definition) is 0. The number of methoxy groups -OCH3 is 1. The number of hydrogen-bond acceptors (Lipinski definition) is 4. The van der Waals surface area contributed by atoms with Crippen LogP contribution in [0.4, 0.5) is 0 Å². The molecule has 1 amide bonds. The molecule has 0 aromatic heterocycles. The van der Waals surface area contributed by atoms with Crippen LogP contribution in [0.1, 0.15) is 5.56 Å². The lowest BCUT2D eigenvalue weighted by molar-refractivity contribution is -0.161. The summed E-state index contributed by atoms with van der Waals surface area (Å²) in [4.78, 5) is 25.1. The van der Waals surface area contributed by atoms with E-state index in [1.807, 2.05) is 12.1 Å². The molecule has 112 valence electrons. The summed E-state index contributed by atoms with van der Waals surface area (Å²) >= 11 is 5.88. The van der Waals surface area contributed by atoms with E-state index >= 15 is 0 Å². The second-order valence-corrected chi connectivity index (χ2v) is 4.99. The Hall–Kier alpha value is -1.85. The highest BCUT2D eigenvalue weighted by atomic mass is 35.5. The zero-order valence-electron chi connectivity index (χ0n) is 11.6. The fourth-order valence-corrected chi connectivity index (χ4v) is 2.21. The first-order valence-electron chi connectivity index (χ1n) is 6.52. The second-order valence-electron chi connectivity index (χ2n) is 4.56. The fraction of sp³-hybridized carbons (Fsp3) is 0.333. The summed E-state index contributed by atoms with van der Waals surface area (Å²) in [5, 5.41) is 0.613. The number of nitrogens with zero attached hydrogens (tertiary/aromatic N) is 1. The molecule has 2 rings (SSSR count). The highest BCUT2D eigenvalue weighted by Gasteiger charge is 2.28. The zero-order chi connectivity index (χ0) is 15.2. The largest absolute Gasteiger partial charge is 0.467 e. The van der Waals surface area contributed by atoms with Crippen LogP contribution in [0.5, 0.6) is 0 Å². The fourth-order valence-electron chi connectivity index (χ4n) is 2.01. The van der Waals surface area contributed by atoms with Crippen molar-refractivity contribution in [3.8, 4) is 0 Å². The molecule has 0 bridgehead atoms. The Labute approximate surface area is 128 Å². The minimum Gasteiger partial charge on any atom is -0.467 e. The summed E-state index contributed by atoms with van der Waals surface area (Å²) in [5.41, 5.74) is 0.841. The molecule has 1 atom stereocenters. The number of benzene rings is 1. The van der Waals surface area contributed by atoms with E-state index in [1.54, 1.807) is 23.1 Å². The van der Waals surface area contributed by atoms with Crippen molar-refractivity contribution >= 4 is 29.6 Å². The molecule has 0 aliphatic carbocycles. The number of rotatable bonds is 3. The number of amides is 1. The van der Waals surface area contributed by atoms with Crippen molar-refractivity contribution in [3.63, 3.8) is 0 Å². The van der Waals surface area contributed by atoms with Gasteiger partial charge in [0.1, 0.15) is 0 Å². The molecule has 0 saturated carbocycles. The SMILES string of the molecule is COC(=O)C1CN(C(=O)/C=C/c2cccc(Cl)c2)CCO1.